The predicted molar refractivity (Wildman–Crippen MR) is 87.8 cm³/mol. The second-order valence-electron chi connectivity index (χ2n) is 5.52. The van der Waals surface area contributed by atoms with E-state index in [0.29, 0.717) is 6.04 Å². The molecule has 4 nitrogen and oxygen atoms in total. The van der Waals surface area contributed by atoms with Gasteiger partial charge in [0.25, 0.3) is 0 Å². The summed E-state index contributed by atoms with van der Waals surface area (Å²) in [6.45, 7) is 5.17. The van der Waals surface area contributed by atoms with E-state index in [1.807, 2.05) is 0 Å². The maximum atomic E-state index is 4.14. The van der Waals surface area contributed by atoms with Gasteiger partial charge in [-0.1, -0.05) is 42.0 Å². The van der Waals surface area contributed by atoms with Crippen molar-refractivity contribution in [2.24, 2.45) is 0 Å². The summed E-state index contributed by atoms with van der Waals surface area (Å²) in [5.41, 5.74) is 4.89. The number of rotatable bonds is 5. The molecule has 2 aromatic carbocycles. The van der Waals surface area contributed by atoms with E-state index in [-0.39, 0.29) is 0 Å². The third-order valence-corrected chi connectivity index (χ3v) is 3.77. The van der Waals surface area contributed by atoms with Gasteiger partial charge in [-0.25, -0.2) is 9.67 Å². The monoisotopic (exact) mass is 292 g/mol. The van der Waals surface area contributed by atoms with Crippen LogP contribution in [0.15, 0.2) is 61.2 Å². The van der Waals surface area contributed by atoms with Crippen molar-refractivity contribution in [3.05, 3.63) is 77.9 Å². The zero-order valence-electron chi connectivity index (χ0n) is 12.9. The van der Waals surface area contributed by atoms with Gasteiger partial charge >= 0.3 is 0 Å². The standard InChI is InChI=1S/C18H20N4/c1-14-4-3-5-16(10-14)11-20-15(2)17-6-8-18(9-7-17)22-13-19-12-21-22/h3-10,12-13,15,20H,11H2,1-2H3/t15-/m1/s1. The highest BCUT2D eigenvalue weighted by Gasteiger charge is 2.05. The van der Waals surface area contributed by atoms with E-state index >= 15 is 0 Å². The van der Waals surface area contributed by atoms with Crippen LogP contribution in [0.3, 0.4) is 0 Å². The van der Waals surface area contributed by atoms with Crippen molar-refractivity contribution in [3.63, 3.8) is 0 Å². The van der Waals surface area contributed by atoms with Crippen molar-refractivity contribution in [3.8, 4) is 5.69 Å². The molecule has 0 aliphatic rings. The summed E-state index contributed by atoms with van der Waals surface area (Å²) >= 11 is 0. The van der Waals surface area contributed by atoms with Crippen molar-refractivity contribution in [2.45, 2.75) is 26.4 Å². The molecule has 1 aromatic heterocycles. The van der Waals surface area contributed by atoms with Crippen LogP contribution in [0, 0.1) is 6.92 Å². The molecule has 0 unspecified atom stereocenters. The van der Waals surface area contributed by atoms with Crippen LogP contribution in [-0.2, 0) is 6.54 Å². The molecule has 0 aliphatic carbocycles. The Morgan fingerprint density at radius 3 is 2.64 bits per heavy atom. The minimum Gasteiger partial charge on any atom is -0.306 e. The smallest absolute Gasteiger partial charge is 0.138 e. The average Bonchev–Trinajstić information content (AvgIpc) is 3.07. The topological polar surface area (TPSA) is 42.7 Å². The van der Waals surface area contributed by atoms with Crippen LogP contribution in [0.5, 0.6) is 0 Å². The van der Waals surface area contributed by atoms with E-state index in [0.717, 1.165) is 12.2 Å². The second-order valence-corrected chi connectivity index (χ2v) is 5.52. The first-order valence-electron chi connectivity index (χ1n) is 7.46. The van der Waals surface area contributed by atoms with Crippen LogP contribution >= 0.6 is 0 Å². The number of hydrogen-bond acceptors (Lipinski definition) is 3. The van der Waals surface area contributed by atoms with Crippen LogP contribution in [-0.4, -0.2) is 14.8 Å². The molecule has 1 N–H and O–H groups in total. The van der Waals surface area contributed by atoms with E-state index in [2.05, 4.69) is 77.8 Å². The van der Waals surface area contributed by atoms with Gasteiger partial charge in [0.1, 0.15) is 12.7 Å². The Hall–Kier alpha value is -2.46. The van der Waals surface area contributed by atoms with Gasteiger partial charge in [-0.15, -0.1) is 0 Å². The van der Waals surface area contributed by atoms with Crippen LogP contribution < -0.4 is 5.32 Å². The lowest BCUT2D eigenvalue weighted by Crippen LogP contribution is -2.18. The maximum Gasteiger partial charge on any atom is 0.138 e. The fourth-order valence-electron chi connectivity index (χ4n) is 2.47. The molecule has 0 amide bonds. The Morgan fingerprint density at radius 2 is 1.95 bits per heavy atom. The lowest BCUT2D eigenvalue weighted by atomic mass is 10.1. The highest BCUT2D eigenvalue weighted by molar-refractivity contribution is 5.34. The van der Waals surface area contributed by atoms with Crippen LogP contribution in [0.2, 0.25) is 0 Å². The van der Waals surface area contributed by atoms with Crippen LogP contribution in [0.4, 0.5) is 0 Å². The third kappa shape index (κ3) is 3.40. The van der Waals surface area contributed by atoms with Gasteiger partial charge in [-0.2, -0.15) is 5.10 Å². The van der Waals surface area contributed by atoms with Crippen molar-refractivity contribution >= 4 is 0 Å². The third-order valence-electron chi connectivity index (χ3n) is 3.77. The van der Waals surface area contributed by atoms with Gasteiger partial charge in [-0.3, -0.25) is 0 Å². The molecule has 4 heteroatoms. The molecule has 0 saturated heterocycles. The quantitative estimate of drug-likeness (QED) is 0.783. The van der Waals surface area contributed by atoms with Gasteiger partial charge in [0.05, 0.1) is 5.69 Å². The van der Waals surface area contributed by atoms with Gasteiger partial charge in [0.2, 0.25) is 0 Å². The zero-order valence-corrected chi connectivity index (χ0v) is 12.9. The number of aromatic nitrogens is 3. The van der Waals surface area contributed by atoms with Crippen molar-refractivity contribution < 1.29 is 0 Å². The average molecular weight is 292 g/mol. The molecule has 1 atom stereocenters. The molecule has 0 saturated carbocycles. The summed E-state index contributed by atoms with van der Waals surface area (Å²) in [5.74, 6) is 0. The van der Waals surface area contributed by atoms with Crippen molar-refractivity contribution in [1.82, 2.24) is 20.1 Å². The van der Waals surface area contributed by atoms with E-state index in [1.165, 1.54) is 16.7 Å². The number of benzene rings is 2. The fraction of sp³-hybridized carbons (Fsp3) is 0.222. The molecule has 3 aromatic rings. The lowest BCUT2D eigenvalue weighted by molar-refractivity contribution is 0.574. The minimum atomic E-state index is 0.297. The molecule has 0 bridgehead atoms. The molecule has 0 radical (unpaired) electrons. The Kier molecular flexibility index (Phi) is 4.30. The molecular formula is C18H20N4. The SMILES string of the molecule is Cc1cccc(CN[C@H](C)c2ccc(-n3cncn3)cc2)c1. The molecular weight excluding hydrogens is 272 g/mol. The Labute approximate surface area is 130 Å². The molecule has 0 aliphatic heterocycles. The Morgan fingerprint density at radius 1 is 1.14 bits per heavy atom. The molecule has 112 valence electrons. The molecule has 22 heavy (non-hydrogen) atoms. The second kappa shape index (κ2) is 6.54. The largest absolute Gasteiger partial charge is 0.306 e. The van der Waals surface area contributed by atoms with Crippen molar-refractivity contribution in [1.29, 1.82) is 0 Å². The summed E-state index contributed by atoms with van der Waals surface area (Å²) in [7, 11) is 0. The minimum absolute atomic E-state index is 0.297. The molecule has 1 heterocycles. The lowest BCUT2D eigenvalue weighted by Gasteiger charge is -2.15. The molecule has 3 rings (SSSR count). The van der Waals surface area contributed by atoms with E-state index in [1.54, 1.807) is 17.3 Å². The summed E-state index contributed by atoms with van der Waals surface area (Å²) in [5, 5.41) is 7.70. The summed E-state index contributed by atoms with van der Waals surface area (Å²) in [4.78, 5) is 3.97. The van der Waals surface area contributed by atoms with Crippen molar-refractivity contribution in [2.75, 3.05) is 0 Å². The summed E-state index contributed by atoms with van der Waals surface area (Å²) in [6, 6.07) is 17.3. The number of nitrogens with zero attached hydrogens (tertiary/aromatic N) is 3. The molecule has 0 spiro atoms. The van der Waals surface area contributed by atoms with Gasteiger partial charge in [-0.05, 0) is 37.1 Å². The maximum absolute atomic E-state index is 4.14. The first-order chi connectivity index (χ1) is 10.7. The first-order valence-corrected chi connectivity index (χ1v) is 7.46. The Balaban J connectivity index is 1.63. The predicted octanol–water partition coefficient (Wildman–Crippen LogP) is 3.43. The summed E-state index contributed by atoms with van der Waals surface area (Å²) < 4.78 is 1.76. The van der Waals surface area contributed by atoms with E-state index in [9.17, 15) is 0 Å². The van der Waals surface area contributed by atoms with Gasteiger partial charge < -0.3 is 5.32 Å². The van der Waals surface area contributed by atoms with E-state index < -0.39 is 0 Å². The normalized spacial score (nSPS) is 12.3. The number of nitrogens with one attached hydrogen (secondary N) is 1. The first kappa shape index (κ1) is 14.5. The summed E-state index contributed by atoms with van der Waals surface area (Å²) in [6.07, 6.45) is 3.24. The molecule has 0 fully saturated rings. The van der Waals surface area contributed by atoms with Gasteiger partial charge in [0, 0.05) is 12.6 Å². The highest BCUT2D eigenvalue weighted by atomic mass is 15.3. The van der Waals surface area contributed by atoms with Crippen LogP contribution in [0.1, 0.15) is 29.7 Å². The number of hydrogen-bond donors (Lipinski definition) is 1. The van der Waals surface area contributed by atoms with Crippen LogP contribution in [0.25, 0.3) is 5.69 Å². The van der Waals surface area contributed by atoms with Gasteiger partial charge in [0.15, 0.2) is 0 Å². The highest BCUT2D eigenvalue weighted by Crippen LogP contribution is 2.16. The fourth-order valence-corrected chi connectivity index (χ4v) is 2.47. The number of aryl methyl sites for hydroxylation is 1. The Bertz CT molecular complexity index is 717. The van der Waals surface area contributed by atoms with E-state index in [4.69, 9.17) is 0 Å². The zero-order chi connectivity index (χ0) is 15.4.